The molecule has 0 unspecified atom stereocenters. The van der Waals surface area contributed by atoms with Crippen LogP contribution in [-0.4, -0.2) is 0 Å². The Morgan fingerprint density at radius 1 is 0.429 bits per heavy atom. The van der Waals surface area contributed by atoms with Gasteiger partial charge in [-0.05, 0) is 0 Å². The van der Waals surface area contributed by atoms with Gasteiger partial charge in [0.1, 0.15) is 0 Å². The third-order valence-corrected chi connectivity index (χ3v) is 0. The maximum Gasteiger partial charge on any atom is 4.00 e. The van der Waals surface area contributed by atoms with Gasteiger partial charge < -0.3 is 27.4 Å². The molecule has 44 valence electrons. The number of hydrogen-bond donors (Lipinski definition) is 0. The van der Waals surface area contributed by atoms with E-state index in [4.69, 9.17) is 0 Å². The maximum absolute atomic E-state index is 0. The van der Waals surface area contributed by atoms with Gasteiger partial charge in [-0.1, -0.05) is 0 Å². The largest absolute Gasteiger partial charge is 4.00 e. The molecule has 0 aromatic heterocycles. The van der Waals surface area contributed by atoms with E-state index in [0.717, 1.165) is 0 Å². The normalized spacial score (nSPS) is 0. The minimum atomic E-state index is 0. The van der Waals surface area contributed by atoms with Crippen LogP contribution < -0.4 is 0 Å². The van der Waals surface area contributed by atoms with Crippen molar-refractivity contribution in [2.45, 2.75) is 0 Å². The monoisotopic (exact) mass is 408 g/mol. The van der Waals surface area contributed by atoms with Crippen molar-refractivity contribution in [2.24, 2.45) is 0 Å². The molecule has 0 fully saturated rings. The van der Waals surface area contributed by atoms with Crippen LogP contribution in [0.3, 0.4) is 0 Å². The fraction of sp³-hybridized carbons (Fsp3) is 0. The van der Waals surface area contributed by atoms with E-state index >= 15 is 0 Å². The molecule has 0 N–H and O–H groups in total. The van der Waals surface area contributed by atoms with Crippen molar-refractivity contribution in [2.75, 3.05) is 0 Å². The van der Waals surface area contributed by atoms with E-state index in [1.807, 2.05) is 0 Å². The van der Waals surface area contributed by atoms with Gasteiger partial charge >= 0.3 is 26.2 Å². The van der Waals surface area contributed by atoms with Crippen molar-refractivity contribution in [1.82, 2.24) is 0 Å². The van der Waals surface area contributed by atoms with Crippen molar-refractivity contribution in [1.29, 1.82) is 0 Å². The summed E-state index contributed by atoms with van der Waals surface area (Å²) >= 11 is 0. The first-order valence-corrected chi connectivity index (χ1v) is 0. The third-order valence-electron chi connectivity index (χ3n) is 0. The summed E-state index contributed by atoms with van der Waals surface area (Å²) < 4.78 is 0. The molecule has 0 radical (unpaired) electrons. The SMILES string of the molecule is [O-2].[O-2].[O-2].[O-2].[O-2].[U].[Zr+4]. The van der Waals surface area contributed by atoms with Crippen LogP contribution in [0.4, 0.5) is 0 Å². The summed E-state index contributed by atoms with van der Waals surface area (Å²) in [6.45, 7) is 0. The minimum absolute atomic E-state index is 0. The quantitative estimate of drug-likeness (QED) is 0.504. The molecule has 0 atom stereocenters. The molecule has 5 nitrogen and oxygen atoms in total. The maximum atomic E-state index is 0. The van der Waals surface area contributed by atoms with E-state index in [-0.39, 0.29) is 84.7 Å². The molecular weight excluding hydrogens is 409 g/mol. The zero-order valence-corrected chi connectivity index (χ0v) is 9.66. The molecule has 0 aliphatic rings. The predicted octanol–water partition coefficient (Wildman–Crippen LogP) is -0.596. The van der Waals surface area contributed by atoms with Gasteiger partial charge in [-0.3, -0.25) is 0 Å². The molecule has 0 saturated heterocycles. The first-order chi connectivity index (χ1) is 0. The summed E-state index contributed by atoms with van der Waals surface area (Å²) in [5.41, 5.74) is 0. The first-order valence-electron chi connectivity index (χ1n) is 0. The molecule has 0 rings (SSSR count). The summed E-state index contributed by atoms with van der Waals surface area (Å²) in [6.07, 6.45) is 0. The van der Waals surface area contributed by atoms with Crippen LogP contribution >= 0.6 is 0 Å². The van der Waals surface area contributed by atoms with Gasteiger partial charge in [-0.15, -0.1) is 0 Å². The van der Waals surface area contributed by atoms with Gasteiger partial charge in [-0.2, -0.15) is 0 Å². The Balaban J connectivity index is 0. The smallest absolute Gasteiger partial charge is 2.00 e. The average Bonchev–Trinajstić information content (AvgIpc) is 0. The molecule has 0 spiro atoms. The molecule has 0 aliphatic carbocycles. The van der Waals surface area contributed by atoms with Crippen molar-refractivity contribution < 1.29 is 84.7 Å². The summed E-state index contributed by atoms with van der Waals surface area (Å²) in [4.78, 5) is 0. The minimum Gasteiger partial charge on any atom is -2.00 e. The Morgan fingerprint density at radius 3 is 0.429 bits per heavy atom. The van der Waals surface area contributed by atoms with Crippen molar-refractivity contribution in [3.8, 4) is 0 Å². The Kier molecular flexibility index (Phi) is 2890. The Hall–Kier alpha value is 1.74. The molecule has 0 aliphatic heterocycles. The van der Waals surface area contributed by atoms with E-state index in [2.05, 4.69) is 0 Å². The van der Waals surface area contributed by atoms with Gasteiger partial charge in [-0.25, -0.2) is 0 Å². The van der Waals surface area contributed by atoms with Crippen molar-refractivity contribution in [3.05, 3.63) is 0 Å². The molecule has 0 amide bonds. The second-order valence-corrected chi connectivity index (χ2v) is 0. The van der Waals surface area contributed by atoms with E-state index in [9.17, 15) is 0 Å². The second kappa shape index (κ2) is 117. The van der Waals surface area contributed by atoms with Crippen molar-refractivity contribution in [3.63, 3.8) is 0 Å². The van der Waals surface area contributed by atoms with Gasteiger partial charge in [0.25, 0.3) is 0 Å². The van der Waals surface area contributed by atoms with E-state index in [1.165, 1.54) is 0 Å². The number of rotatable bonds is 0. The third kappa shape index (κ3) is 84.5. The van der Waals surface area contributed by atoms with E-state index < -0.39 is 0 Å². The van der Waals surface area contributed by atoms with Crippen molar-refractivity contribution >= 4 is 0 Å². The zero-order chi connectivity index (χ0) is 0. The molecule has 0 heterocycles. The Labute approximate surface area is 83.9 Å². The summed E-state index contributed by atoms with van der Waals surface area (Å²) in [7, 11) is 0. The van der Waals surface area contributed by atoms with Crippen LogP contribution in [0.1, 0.15) is 0 Å². The topological polar surface area (TPSA) is 142 Å². The van der Waals surface area contributed by atoms with Gasteiger partial charge in [0.15, 0.2) is 0 Å². The summed E-state index contributed by atoms with van der Waals surface area (Å²) in [5.74, 6) is 0. The Bertz CT molecular complexity index is 8.04. The van der Waals surface area contributed by atoms with Crippen LogP contribution in [-0.2, 0) is 53.6 Å². The van der Waals surface area contributed by atoms with Gasteiger partial charge in [0.2, 0.25) is 0 Å². The first kappa shape index (κ1) is 174. The predicted molar refractivity (Wildman–Crippen MR) is 3.43 cm³/mol. The van der Waals surface area contributed by atoms with Crippen LogP contribution in [0.2, 0.25) is 0 Å². The molecular formula is O5UZr-6. The average molecular weight is 409 g/mol. The molecule has 0 aromatic rings. The fourth-order valence-corrected chi connectivity index (χ4v) is 0. The molecule has 0 aromatic carbocycles. The molecule has 7 heteroatoms. The standard InChI is InChI=1S/5O.U.Zr/q5*-2;;+4. The Morgan fingerprint density at radius 2 is 0.429 bits per heavy atom. The number of hydrogen-bond acceptors (Lipinski definition) is 0. The summed E-state index contributed by atoms with van der Waals surface area (Å²) in [5, 5.41) is 0. The van der Waals surface area contributed by atoms with Gasteiger partial charge in [0, 0.05) is 31.1 Å². The molecule has 0 bridgehead atoms. The van der Waals surface area contributed by atoms with Crippen LogP contribution in [0, 0.1) is 31.1 Å². The molecule has 0 saturated carbocycles. The fourth-order valence-electron chi connectivity index (χ4n) is 0. The second-order valence-electron chi connectivity index (χ2n) is 0. The molecule has 7 heavy (non-hydrogen) atoms. The van der Waals surface area contributed by atoms with E-state index in [0.29, 0.717) is 0 Å². The van der Waals surface area contributed by atoms with Crippen LogP contribution in [0.25, 0.3) is 0 Å². The summed E-state index contributed by atoms with van der Waals surface area (Å²) in [6, 6.07) is 0. The zero-order valence-electron chi connectivity index (χ0n) is 3.04. The van der Waals surface area contributed by atoms with Crippen LogP contribution in [0.5, 0.6) is 0 Å². The van der Waals surface area contributed by atoms with E-state index in [1.54, 1.807) is 0 Å². The van der Waals surface area contributed by atoms with Gasteiger partial charge in [0.05, 0.1) is 0 Å². The van der Waals surface area contributed by atoms with Crippen LogP contribution in [0.15, 0.2) is 0 Å².